The second-order valence-corrected chi connectivity index (χ2v) is 8.75. The van der Waals surface area contributed by atoms with Crippen LogP contribution in [0.4, 0.5) is 22.7 Å². The third kappa shape index (κ3) is 5.45. The molecule has 35 heavy (non-hydrogen) atoms. The van der Waals surface area contributed by atoms with E-state index >= 15 is 0 Å². The van der Waals surface area contributed by atoms with Crippen LogP contribution in [0.25, 0.3) is 0 Å². The van der Waals surface area contributed by atoms with Gasteiger partial charge in [0.1, 0.15) is 5.69 Å². The smallest absolute Gasteiger partial charge is 0.335 e. The number of anilines is 4. The standard InChI is InChI=1S/C27H21Cl2N3O3/c1-31(21-7-3-19(28)4-8-21)23-11-12-25(30-16-23)26(33)17-13-18(27(34)35)15-24(14-17)32(2)22-9-5-20(29)6-10-22/h3-16H,1-2H3,(H,34,35). The maximum absolute atomic E-state index is 13.2. The number of hydrogen-bond acceptors (Lipinski definition) is 5. The average molecular weight is 506 g/mol. The molecule has 0 aliphatic carbocycles. The van der Waals surface area contributed by atoms with Crippen molar-refractivity contribution in [2.24, 2.45) is 0 Å². The van der Waals surface area contributed by atoms with E-state index in [9.17, 15) is 14.7 Å². The van der Waals surface area contributed by atoms with E-state index in [-0.39, 0.29) is 22.6 Å². The van der Waals surface area contributed by atoms with Gasteiger partial charge in [0.2, 0.25) is 5.78 Å². The van der Waals surface area contributed by atoms with Crippen LogP contribution in [0.2, 0.25) is 10.0 Å². The molecule has 3 aromatic carbocycles. The molecule has 6 nitrogen and oxygen atoms in total. The Bertz CT molecular complexity index is 1370. The van der Waals surface area contributed by atoms with Gasteiger partial charge in [-0.25, -0.2) is 4.79 Å². The molecule has 0 atom stereocenters. The Morgan fingerprint density at radius 1 is 0.686 bits per heavy atom. The molecular formula is C27H21Cl2N3O3. The maximum atomic E-state index is 13.2. The van der Waals surface area contributed by atoms with Crippen LogP contribution in [0.15, 0.2) is 85.1 Å². The van der Waals surface area contributed by atoms with Crippen molar-refractivity contribution in [3.05, 3.63) is 112 Å². The number of halogens is 2. The molecule has 0 saturated heterocycles. The first-order chi connectivity index (χ1) is 16.7. The summed E-state index contributed by atoms with van der Waals surface area (Å²) in [5, 5.41) is 10.9. The summed E-state index contributed by atoms with van der Waals surface area (Å²) in [5.41, 5.74) is 3.49. The van der Waals surface area contributed by atoms with Crippen LogP contribution in [0.5, 0.6) is 0 Å². The van der Waals surface area contributed by atoms with E-state index in [4.69, 9.17) is 23.2 Å². The monoisotopic (exact) mass is 505 g/mol. The van der Waals surface area contributed by atoms with Crippen LogP contribution in [-0.2, 0) is 0 Å². The highest BCUT2D eigenvalue weighted by Crippen LogP contribution is 2.29. The van der Waals surface area contributed by atoms with Gasteiger partial charge in [-0.3, -0.25) is 9.78 Å². The van der Waals surface area contributed by atoms with E-state index in [1.165, 1.54) is 12.1 Å². The molecule has 1 heterocycles. The van der Waals surface area contributed by atoms with Gasteiger partial charge >= 0.3 is 5.97 Å². The molecule has 0 amide bonds. The minimum Gasteiger partial charge on any atom is -0.478 e. The first-order valence-corrected chi connectivity index (χ1v) is 11.4. The second-order valence-electron chi connectivity index (χ2n) is 7.88. The van der Waals surface area contributed by atoms with Crippen LogP contribution in [0.1, 0.15) is 26.4 Å². The Morgan fingerprint density at radius 2 is 1.17 bits per heavy atom. The van der Waals surface area contributed by atoms with Crippen LogP contribution >= 0.6 is 23.2 Å². The number of benzene rings is 3. The highest BCUT2D eigenvalue weighted by atomic mass is 35.5. The number of carboxylic acids is 1. The Hall–Kier alpha value is -3.87. The first kappa shape index (κ1) is 24.3. The quantitative estimate of drug-likeness (QED) is 0.276. The number of carbonyl (C=O) groups is 2. The number of hydrogen-bond donors (Lipinski definition) is 1. The summed E-state index contributed by atoms with van der Waals surface area (Å²) in [6, 6.07) is 22.4. The van der Waals surface area contributed by atoms with Gasteiger partial charge in [0.25, 0.3) is 0 Å². The molecule has 0 aliphatic heterocycles. The summed E-state index contributed by atoms with van der Waals surface area (Å²) < 4.78 is 0. The first-order valence-electron chi connectivity index (χ1n) is 10.6. The van der Waals surface area contributed by atoms with Gasteiger partial charge < -0.3 is 14.9 Å². The molecule has 4 aromatic rings. The van der Waals surface area contributed by atoms with Crippen LogP contribution in [0.3, 0.4) is 0 Å². The lowest BCUT2D eigenvalue weighted by Crippen LogP contribution is -2.14. The largest absolute Gasteiger partial charge is 0.478 e. The third-order valence-corrected chi connectivity index (χ3v) is 6.11. The van der Waals surface area contributed by atoms with Gasteiger partial charge in [0, 0.05) is 46.8 Å². The van der Waals surface area contributed by atoms with Gasteiger partial charge in [-0.05, 0) is 78.9 Å². The molecule has 0 fully saturated rings. The number of rotatable bonds is 7. The van der Waals surface area contributed by atoms with Gasteiger partial charge in [-0.15, -0.1) is 0 Å². The van der Waals surface area contributed by atoms with Crippen molar-refractivity contribution in [1.82, 2.24) is 4.98 Å². The fraction of sp³-hybridized carbons (Fsp3) is 0.0741. The van der Waals surface area contributed by atoms with Crippen LogP contribution in [0, 0.1) is 0 Å². The van der Waals surface area contributed by atoms with Crippen molar-refractivity contribution in [3.63, 3.8) is 0 Å². The molecule has 0 spiro atoms. The second kappa shape index (κ2) is 10.2. The lowest BCUT2D eigenvalue weighted by molar-refractivity contribution is 0.0697. The number of aromatic nitrogens is 1. The molecule has 0 saturated carbocycles. The lowest BCUT2D eigenvalue weighted by Gasteiger charge is -2.21. The van der Waals surface area contributed by atoms with Gasteiger partial charge in [-0.2, -0.15) is 0 Å². The zero-order valence-electron chi connectivity index (χ0n) is 18.9. The summed E-state index contributed by atoms with van der Waals surface area (Å²) in [4.78, 5) is 33.1. The number of nitrogens with zero attached hydrogens (tertiary/aromatic N) is 3. The van der Waals surface area contributed by atoms with E-state index in [2.05, 4.69) is 4.98 Å². The molecule has 8 heteroatoms. The number of ketones is 1. The summed E-state index contributed by atoms with van der Waals surface area (Å²) >= 11 is 11.9. The van der Waals surface area contributed by atoms with E-state index in [0.29, 0.717) is 15.7 Å². The molecule has 4 rings (SSSR count). The molecule has 176 valence electrons. The van der Waals surface area contributed by atoms with Crippen molar-refractivity contribution in [3.8, 4) is 0 Å². The average Bonchev–Trinajstić information content (AvgIpc) is 2.88. The van der Waals surface area contributed by atoms with Crippen molar-refractivity contribution in [2.45, 2.75) is 0 Å². The zero-order chi connectivity index (χ0) is 25.1. The fourth-order valence-corrected chi connectivity index (χ4v) is 3.81. The maximum Gasteiger partial charge on any atom is 0.335 e. The van der Waals surface area contributed by atoms with Gasteiger partial charge in [0.05, 0.1) is 17.4 Å². The van der Waals surface area contributed by atoms with Crippen molar-refractivity contribution in [2.75, 3.05) is 23.9 Å². The van der Waals surface area contributed by atoms with E-state index < -0.39 is 5.97 Å². The Balaban J connectivity index is 1.63. The van der Waals surface area contributed by atoms with E-state index in [1.54, 1.807) is 60.6 Å². The molecule has 1 aromatic heterocycles. The van der Waals surface area contributed by atoms with Crippen LogP contribution < -0.4 is 9.80 Å². The zero-order valence-corrected chi connectivity index (χ0v) is 20.5. The van der Waals surface area contributed by atoms with Gasteiger partial charge in [0.15, 0.2) is 0 Å². The van der Waals surface area contributed by atoms with Crippen molar-refractivity contribution in [1.29, 1.82) is 0 Å². The summed E-state index contributed by atoms with van der Waals surface area (Å²) in [6.45, 7) is 0. The summed E-state index contributed by atoms with van der Waals surface area (Å²) in [6.07, 6.45) is 1.60. The predicted molar refractivity (Wildman–Crippen MR) is 140 cm³/mol. The Kier molecular flexibility index (Phi) is 7.05. The summed E-state index contributed by atoms with van der Waals surface area (Å²) in [5.74, 6) is -1.50. The van der Waals surface area contributed by atoms with E-state index in [0.717, 1.165) is 17.1 Å². The molecule has 0 unspecified atom stereocenters. The van der Waals surface area contributed by atoms with Crippen LogP contribution in [-0.4, -0.2) is 35.9 Å². The highest BCUT2D eigenvalue weighted by Gasteiger charge is 2.18. The predicted octanol–water partition coefficient (Wildman–Crippen LogP) is 6.85. The minimum absolute atomic E-state index is 0.00533. The molecule has 1 N–H and O–H groups in total. The minimum atomic E-state index is -1.13. The molecule has 0 radical (unpaired) electrons. The normalized spacial score (nSPS) is 10.6. The number of aromatic carboxylic acids is 1. The summed E-state index contributed by atoms with van der Waals surface area (Å²) in [7, 11) is 3.68. The number of carboxylic acid groups (broad SMARTS) is 1. The molecule has 0 aliphatic rings. The lowest BCUT2D eigenvalue weighted by atomic mass is 10.0. The topological polar surface area (TPSA) is 73.7 Å². The molecular weight excluding hydrogens is 485 g/mol. The third-order valence-electron chi connectivity index (χ3n) is 5.61. The highest BCUT2D eigenvalue weighted by molar-refractivity contribution is 6.30. The number of carbonyl (C=O) groups excluding carboxylic acids is 1. The van der Waals surface area contributed by atoms with Crippen molar-refractivity contribution < 1.29 is 14.7 Å². The number of pyridine rings is 1. The van der Waals surface area contributed by atoms with Gasteiger partial charge in [-0.1, -0.05) is 23.2 Å². The van der Waals surface area contributed by atoms with Crippen molar-refractivity contribution >= 4 is 57.7 Å². The molecule has 0 bridgehead atoms. The Labute approximate surface area is 213 Å². The fourth-order valence-electron chi connectivity index (χ4n) is 3.55. The van der Waals surface area contributed by atoms with E-state index in [1.807, 2.05) is 36.2 Å². The Morgan fingerprint density at radius 3 is 1.66 bits per heavy atom. The SMILES string of the molecule is CN(c1ccc(Cl)cc1)c1ccc(C(=O)c2cc(C(=O)O)cc(N(C)c3ccc(Cl)cc3)c2)nc1.